The predicted octanol–water partition coefficient (Wildman–Crippen LogP) is 1.92. The molecular formula is C15H31N3. The minimum atomic E-state index is -0.114. The maximum atomic E-state index is 6.33. The highest BCUT2D eigenvalue weighted by atomic mass is 15.3. The van der Waals surface area contributed by atoms with Gasteiger partial charge < -0.3 is 5.73 Å². The number of nitrogens with two attached hydrogens (primary N) is 1. The Labute approximate surface area is 113 Å². The summed E-state index contributed by atoms with van der Waals surface area (Å²) in [5.74, 6) is 0. The van der Waals surface area contributed by atoms with Gasteiger partial charge in [-0.25, -0.2) is 0 Å². The van der Waals surface area contributed by atoms with E-state index in [-0.39, 0.29) is 11.0 Å². The number of rotatable bonds is 3. The predicted molar refractivity (Wildman–Crippen MR) is 77.7 cm³/mol. The standard InChI is InChI=1S/C15H31N3/c1-14(2,15(3,4)16)12-17-9-10-18-8-6-5-7-13(18)11-17/h13H,5-12,16H2,1-4H3. The van der Waals surface area contributed by atoms with Gasteiger partial charge in [-0.3, -0.25) is 9.80 Å². The third kappa shape index (κ3) is 3.06. The van der Waals surface area contributed by atoms with Crippen molar-refractivity contribution >= 4 is 0 Å². The molecule has 0 bridgehead atoms. The molecule has 0 aliphatic carbocycles. The highest BCUT2D eigenvalue weighted by Gasteiger charge is 2.37. The van der Waals surface area contributed by atoms with Gasteiger partial charge in [-0.05, 0) is 38.6 Å². The van der Waals surface area contributed by atoms with Crippen LogP contribution in [0.1, 0.15) is 47.0 Å². The van der Waals surface area contributed by atoms with E-state index in [0.29, 0.717) is 0 Å². The number of nitrogens with zero attached hydrogens (tertiary/aromatic N) is 2. The van der Waals surface area contributed by atoms with Crippen LogP contribution in [0, 0.1) is 5.41 Å². The molecule has 2 N–H and O–H groups in total. The first-order valence-electron chi connectivity index (χ1n) is 7.55. The van der Waals surface area contributed by atoms with Crippen molar-refractivity contribution in [3.8, 4) is 0 Å². The van der Waals surface area contributed by atoms with E-state index in [1.54, 1.807) is 0 Å². The molecule has 3 nitrogen and oxygen atoms in total. The van der Waals surface area contributed by atoms with E-state index in [9.17, 15) is 0 Å². The Hall–Kier alpha value is -0.120. The molecule has 18 heavy (non-hydrogen) atoms. The summed E-state index contributed by atoms with van der Waals surface area (Å²) in [6.07, 6.45) is 4.21. The fourth-order valence-electron chi connectivity index (χ4n) is 3.13. The molecule has 0 aromatic heterocycles. The molecule has 2 saturated heterocycles. The van der Waals surface area contributed by atoms with Gasteiger partial charge in [0.05, 0.1) is 0 Å². The highest BCUT2D eigenvalue weighted by molar-refractivity contribution is 4.94. The van der Waals surface area contributed by atoms with Crippen LogP contribution in [0.5, 0.6) is 0 Å². The molecule has 0 amide bonds. The van der Waals surface area contributed by atoms with Gasteiger partial charge >= 0.3 is 0 Å². The van der Waals surface area contributed by atoms with Crippen LogP contribution in [0.3, 0.4) is 0 Å². The normalized spacial score (nSPS) is 28.2. The second-order valence-electron chi connectivity index (χ2n) is 7.53. The molecule has 2 heterocycles. The molecule has 2 aliphatic heterocycles. The summed E-state index contributed by atoms with van der Waals surface area (Å²) in [6.45, 7) is 15.1. The average Bonchev–Trinajstić information content (AvgIpc) is 2.27. The van der Waals surface area contributed by atoms with E-state index in [4.69, 9.17) is 5.73 Å². The van der Waals surface area contributed by atoms with Crippen molar-refractivity contribution in [3.63, 3.8) is 0 Å². The van der Waals surface area contributed by atoms with Crippen LogP contribution in [0.15, 0.2) is 0 Å². The Kier molecular flexibility index (Phi) is 4.05. The first kappa shape index (κ1) is 14.3. The van der Waals surface area contributed by atoms with Crippen molar-refractivity contribution in [3.05, 3.63) is 0 Å². The molecule has 0 aromatic rings. The second-order valence-corrected chi connectivity index (χ2v) is 7.53. The van der Waals surface area contributed by atoms with E-state index >= 15 is 0 Å². The SMILES string of the molecule is CC(C)(N)C(C)(C)CN1CCN2CCCCC2C1. The molecule has 2 fully saturated rings. The van der Waals surface area contributed by atoms with Gasteiger partial charge in [0, 0.05) is 37.8 Å². The van der Waals surface area contributed by atoms with Crippen molar-refractivity contribution < 1.29 is 0 Å². The summed E-state index contributed by atoms with van der Waals surface area (Å²) in [5, 5.41) is 0. The molecule has 3 heteroatoms. The van der Waals surface area contributed by atoms with Gasteiger partial charge in [0.15, 0.2) is 0 Å². The van der Waals surface area contributed by atoms with Crippen LogP contribution in [0.25, 0.3) is 0 Å². The number of hydrogen-bond acceptors (Lipinski definition) is 3. The van der Waals surface area contributed by atoms with E-state index in [2.05, 4.69) is 37.5 Å². The van der Waals surface area contributed by atoms with E-state index in [1.807, 2.05) is 0 Å². The van der Waals surface area contributed by atoms with Gasteiger partial charge in [0.2, 0.25) is 0 Å². The van der Waals surface area contributed by atoms with Crippen LogP contribution in [-0.4, -0.2) is 54.1 Å². The minimum Gasteiger partial charge on any atom is -0.325 e. The molecule has 1 atom stereocenters. The molecule has 0 saturated carbocycles. The van der Waals surface area contributed by atoms with Crippen LogP contribution < -0.4 is 5.73 Å². The summed E-state index contributed by atoms with van der Waals surface area (Å²) in [5.41, 5.74) is 6.38. The molecule has 0 radical (unpaired) electrons. The lowest BCUT2D eigenvalue weighted by atomic mass is 9.74. The average molecular weight is 253 g/mol. The zero-order chi connectivity index (χ0) is 13.4. The highest BCUT2D eigenvalue weighted by Crippen LogP contribution is 2.31. The van der Waals surface area contributed by atoms with E-state index in [1.165, 1.54) is 45.4 Å². The fraction of sp³-hybridized carbons (Fsp3) is 1.00. The topological polar surface area (TPSA) is 32.5 Å². The second kappa shape index (κ2) is 5.10. The number of piperazine rings is 1. The van der Waals surface area contributed by atoms with Crippen LogP contribution in [-0.2, 0) is 0 Å². The van der Waals surface area contributed by atoms with E-state index < -0.39 is 0 Å². The lowest BCUT2D eigenvalue weighted by Crippen LogP contribution is -2.59. The zero-order valence-electron chi connectivity index (χ0n) is 12.7. The van der Waals surface area contributed by atoms with E-state index in [0.717, 1.165) is 12.6 Å². The molecule has 0 aromatic carbocycles. The molecule has 106 valence electrons. The summed E-state index contributed by atoms with van der Waals surface area (Å²) in [7, 11) is 0. The molecule has 1 unspecified atom stereocenters. The first-order valence-corrected chi connectivity index (χ1v) is 7.55. The van der Waals surface area contributed by atoms with Gasteiger partial charge in [-0.2, -0.15) is 0 Å². The summed E-state index contributed by atoms with van der Waals surface area (Å²) in [4.78, 5) is 5.34. The number of hydrogen-bond donors (Lipinski definition) is 1. The zero-order valence-corrected chi connectivity index (χ0v) is 12.7. The van der Waals surface area contributed by atoms with Gasteiger partial charge in [0.25, 0.3) is 0 Å². The van der Waals surface area contributed by atoms with Crippen LogP contribution in [0.4, 0.5) is 0 Å². The van der Waals surface area contributed by atoms with Gasteiger partial charge in [0.1, 0.15) is 0 Å². The maximum Gasteiger partial charge on any atom is 0.0223 e. The third-order valence-corrected chi connectivity index (χ3v) is 5.28. The molecule has 2 aliphatic rings. The summed E-state index contributed by atoms with van der Waals surface area (Å²) >= 11 is 0. The lowest BCUT2D eigenvalue weighted by molar-refractivity contribution is 0.0187. The first-order chi connectivity index (χ1) is 8.29. The van der Waals surface area contributed by atoms with Crippen molar-refractivity contribution in [2.75, 3.05) is 32.7 Å². The Morgan fingerprint density at radius 3 is 2.44 bits per heavy atom. The smallest absolute Gasteiger partial charge is 0.0223 e. The Bertz CT molecular complexity index is 280. The van der Waals surface area contributed by atoms with Crippen LogP contribution >= 0.6 is 0 Å². The molecule has 0 spiro atoms. The summed E-state index contributed by atoms with van der Waals surface area (Å²) in [6, 6.07) is 0.809. The Morgan fingerprint density at radius 2 is 1.78 bits per heavy atom. The quantitative estimate of drug-likeness (QED) is 0.834. The maximum absolute atomic E-state index is 6.33. The van der Waals surface area contributed by atoms with Crippen molar-refractivity contribution in [1.82, 2.24) is 9.80 Å². The number of piperidine rings is 1. The lowest BCUT2D eigenvalue weighted by Gasteiger charge is -2.48. The molecule has 2 rings (SSSR count). The monoisotopic (exact) mass is 253 g/mol. The van der Waals surface area contributed by atoms with Gasteiger partial charge in [-0.1, -0.05) is 20.3 Å². The van der Waals surface area contributed by atoms with Crippen LogP contribution in [0.2, 0.25) is 0 Å². The Morgan fingerprint density at radius 1 is 1.06 bits per heavy atom. The number of fused-ring (bicyclic) bond motifs is 1. The van der Waals surface area contributed by atoms with Gasteiger partial charge in [-0.15, -0.1) is 0 Å². The minimum absolute atomic E-state index is 0.114. The molecular weight excluding hydrogens is 222 g/mol. The third-order valence-electron chi connectivity index (χ3n) is 5.28. The van der Waals surface area contributed by atoms with Crippen molar-refractivity contribution in [2.24, 2.45) is 11.1 Å². The summed E-state index contributed by atoms with van der Waals surface area (Å²) < 4.78 is 0. The Balaban J connectivity index is 1.91. The van der Waals surface area contributed by atoms with Crippen molar-refractivity contribution in [2.45, 2.75) is 58.5 Å². The van der Waals surface area contributed by atoms with Crippen molar-refractivity contribution in [1.29, 1.82) is 0 Å². The largest absolute Gasteiger partial charge is 0.325 e. The fourth-order valence-corrected chi connectivity index (χ4v) is 3.13.